The SMILES string of the molecule is O=C(O)Cc1cccc(-c2ccc[nH]2)c1. The van der Waals surface area contributed by atoms with Crippen molar-refractivity contribution in [1.82, 2.24) is 4.98 Å². The predicted octanol–water partition coefficient (Wildman–Crippen LogP) is 2.31. The van der Waals surface area contributed by atoms with Crippen LogP contribution in [0.25, 0.3) is 11.3 Å². The third-order valence-electron chi connectivity index (χ3n) is 2.19. The van der Waals surface area contributed by atoms with E-state index in [0.29, 0.717) is 0 Å². The first-order valence-corrected chi connectivity index (χ1v) is 4.70. The average molecular weight is 201 g/mol. The van der Waals surface area contributed by atoms with Crippen LogP contribution in [0.5, 0.6) is 0 Å². The Morgan fingerprint density at radius 3 is 2.80 bits per heavy atom. The minimum atomic E-state index is -0.807. The van der Waals surface area contributed by atoms with E-state index < -0.39 is 5.97 Å². The van der Waals surface area contributed by atoms with Crippen LogP contribution in [0, 0.1) is 0 Å². The van der Waals surface area contributed by atoms with Gasteiger partial charge in [0.25, 0.3) is 0 Å². The molecule has 15 heavy (non-hydrogen) atoms. The van der Waals surface area contributed by atoms with Gasteiger partial charge >= 0.3 is 5.97 Å². The lowest BCUT2D eigenvalue weighted by atomic mass is 10.1. The fourth-order valence-electron chi connectivity index (χ4n) is 1.53. The van der Waals surface area contributed by atoms with Crippen LogP contribution in [0.15, 0.2) is 42.6 Å². The topological polar surface area (TPSA) is 53.1 Å². The number of aromatic amines is 1. The molecule has 2 rings (SSSR count). The van der Waals surface area contributed by atoms with E-state index in [9.17, 15) is 4.79 Å². The molecular formula is C12H11NO2. The third-order valence-corrected chi connectivity index (χ3v) is 2.19. The first-order chi connectivity index (χ1) is 7.25. The second-order valence-electron chi connectivity index (χ2n) is 3.35. The summed E-state index contributed by atoms with van der Waals surface area (Å²) in [6.45, 7) is 0. The normalized spacial score (nSPS) is 10.1. The zero-order chi connectivity index (χ0) is 10.7. The standard InChI is InChI=1S/C12H11NO2/c14-12(15)8-9-3-1-4-10(7-9)11-5-2-6-13-11/h1-7,13H,8H2,(H,14,15). The van der Waals surface area contributed by atoms with E-state index in [2.05, 4.69) is 4.98 Å². The quantitative estimate of drug-likeness (QED) is 0.800. The smallest absolute Gasteiger partial charge is 0.307 e. The molecule has 0 bridgehead atoms. The van der Waals surface area contributed by atoms with Crippen molar-refractivity contribution in [3.63, 3.8) is 0 Å². The number of rotatable bonds is 3. The minimum Gasteiger partial charge on any atom is -0.481 e. The summed E-state index contributed by atoms with van der Waals surface area (Å²) in [5, 5.41) is 8.68. The summed E-state index contributed by atoms with van der Waals surface area (Å²) < 4.78 is 0. The number of H-pyrrole nitrogens is 1. The van der Waals surface area contributed by atoms with E-state index in [1.807, 2.05) is 42.6 Å². The van der Waals surface area contributed by atoms with Gasteiger partial charge in [0, 0.05) is 11.9 Å². The molecule has 3 heteroatoms. The summed E-state index contributed by atoms with van der Waals surface area (Å²) in [7, 11) is 0. The first kappa shape index (κ1) is 9.52. The van der Waals surface area contributed by atoms with E-state index in [1.54, 1.807) is 0 Å². The van der Waals surface area contributed by atoms with Crippen molar-refractivity contribution in [2.24, 2.45) is 0 Å². The van der Waals surface area contributed by atoms with Crippen molar-refractivity contribution in [2.45, 2.75) is 6.42 Å². The molecule has 1 aromatic carbocycles. The maximum Gasteiger partial charge on any atom is 0.307 e. The fourth-order valence-corrected chi connectivity index (χ4v) is 1.53. The van der Waals surface area contributed by atoms with Crippen molar-refractivity contribution < 1.29 is 9.90 Å². The van der Waals surface area contributed by atoms with Gasteiger partial charge in [0.15, 0.2) is 0 Å². The number of hydrogen-bond acceptors (Lipinski definition) is 1. The van der Waals surface area contributed by atoms with E-state index in [4.69, 9.17) is 5.11 Å². The van der Waals surface area contributed by atoms with Crippen LogP contribution in [0.3, 0.4) is 0 Å². The molecule has 3 nitrogen and oxygen atoms in total. The molecule has 0 atom stereocenters. The molecular weight excluding hydrogens is 190 g/mol. The summed E-state index contributed by atoms with van der Waals surface area (Å²) in [5.41, 5.74) is 2.83. The number of carbonyl (C=O) groups is 1. The maximum absolute atomic E-state index is 10.6. The zero-order valence-electron chi connectivity index (χ0n) is 8.10. The molecule has 0 fully saturated rings. The number of aliphatic carboxylic acids is 1. The second kappa shape index (κ2) is 4.00. The van der Waals surface area contributed by atoms with Gasteiger partial charge in [-0.05, 0) is 29.3 Å². The van der Waals surface area contributed by atoms with Gasteiger partial charge < -0.3 is 10.1 Å². The zero-order valence-corrected chi connectivity index (χ0v) is 8.10. The Labute approximate surface area is 87.4 Å². The Morgan fingerprint density at radius 2 is 2.13 bits per heavy atom. The van der Waals surface area contributed by atoms with E-state index in [-0.39, 0.29) is 6.42 Å². The summed E-state index contributed by atoms with van der Waals surface area (Å²) in [6, 6.07) is 11.4. The molecule has 0 amide bonds. The van der Waals surface area contributed by atoms with Gasteiger partial charge in [-0.1, -0.05) is 18.2 Å². The number of hydrogen-bond donors (Lipinski definition) is 2. The van der Waals surface area contributed by atoms with E-state index >= 15 is 0 Å². The summed E-state index contributed by atoms with van der Waals surface area (Å²) >= 11 is 0. The van der Waals surface area contributed by atoms with Crippen molar-refractivity contribution in [1.29, 1.82) is 0 Å². The van der Waals surface area contributed by atoms with Gasteiger partial charge in [0.2, 0.25) is 0 Å². The van der Waals surface area contributed by atoms with Gasteiger partial charge in [0.05, 0.1) is 6.42 Å². The molecule has 0 saturated heterocycles. The van der Waals surface area contributed by atoms with Crippen molar-refractivity contribution in [3.05, 3.63) is 48.2 Å². The fraction of sp³-hybridized carbons (Fsp3) is 0.0833. The van der Waals surface area contributed by atoms with Crippen LogP contribution in [0.2, 0.25) is 0 Å². The van der Waals surface area contributed by atoms with Crippen molar-refractivity contribution in [2.75, 3.05) is 0 Å². The van der Waals surface area contributed by atoms with Crippen LogP contribution in [-0.2, 0) is 11.2 Å². The first-order valence-electron chi connectivity index (χ1n) is 4.70. The molecule has 2 aromatic rings. The lowest BCUT2D eigenvalue weighted by Crippen LogP contribution is -1.99. The molecule has 0 aliphatic rings. The average Bonchev–Trinajstić information content (AvgIpc) is 2.69. The monoisotopic (exact) mass is 201 g/mol. The van der Waals surface area contributed by atoms with Crippen LogP contribution in [-0.4, -0.2) is 16.1 Å². The molecule has 1 aromatic heterocycles. The number of nitrogens with one attached hydrogen (secondary N) is 1. The highest BCUT2D eigenvalue weighted by Crippen LogP contribution is 2.18. The van der Waals surface area contributed by atoms with E-state index in [1.165, 1.54) is 0 Å². The summed E-state index contributed by atoms with van der Waals surface area (Å²) in [6.07, 6.45) is 1.91. The van der Waals surface area contributed by atoms with Gasteiger partial charge in [-0.15, -0.1) is 0 Å². The van der Waals surface area contributed by atoms with Crippen LogP contribution in [0.1, 0.15) is 5.56 Å². The highest BCUT2D eigenvalue weighted by Gasteiger charge is 2.02. The third kappa shape index (κ3) is 2.26. The molecule has 0 aliphatic carbocycles. The minimum absolute atomic E-state index is 0.0640. The van der Waals surface area contributed by atoms with Gasteiger partial charge in [-0.25, -0.2) is 0 Å². The summed E-state index contributed by atoms with van der Waals surface area (Å²) in [4.78, 5) is 13.6. The predicted molar refractivity (Wildman–Crippen MR) is 57.6 cm³/mol. The number of benzene rings is 1. The van der Waals surface area contributed by atoms with Crippen LogP contribution in [0.4, 0.5) is 0 Å². The Balaban J connectivity index is 2.31. The lowest BCUT2D eigenvalue weighted by Gasteiger charge is -2.01. The van der Waals surface area contributed by atoms with Gasteiger partial charge in [-0.3, -0.25) is 4.79 Å². The summed E-state index contributed by atoms with van der Waals surface area (Å²) in [5.74, 6) is -0.807. The number of aromatic nitrogens is 1. The molecule has 0 radical (unpaired) electrons. The molecule has 0 unspecified atom stereocenters. The Bertz CT molecular complexity index is 460. The molecule has 0 spiro atoms. The second-order valence-corrected chi connectivity index (χ2v) is 3.35. The molecule has 2 N–H and O–H groups in total. The van der Waals surface area contributed by atoms with Gasteiger partial charge in [0.1, 0.15) is 0 Å². The maximum atomic E-state index is 10.6. The molecule has 76 valence electrons. The Kier molecular flexibility index (Phi) is 2.54. The molecule has 0 aliphatic heterocycles. The van der Waals surface area contributed by atoms with E-state index in [0.717, 1.165) is 16.8 Å². The van der Waals surface area contributed by atoms with Crippen LogP contribution < -0.4 is 0 Å². The highest BCUT2D eigenvalue weighted by molar-refractivity contribution is 5.71. The van der Waals surface area contributed by atoms with Gasteiger partial charge in [-0.2, -0.15) is 0 Å². The Hall–Kier alpha value is -2.03. The molecule has 0 saturated carbocycles. The Morgan fingerprint density at radius 1 is 1.27 bits per heavy atom. The number of carboxylic acid groups (broad SMARTS) is 1. The largest absolute Gasteiger partial charge is 0.481 e. The van der Waals surface area contributed by atoms with Crippen molar-refractivity contribution >= 4 is 5.97 Å². The van der Waals surface area contributed by atoms with Crippen molar-refractivity contribution in [3.8, 4) is 11.3 Å². The highest BCUT2D eigenvalue weighted by atomic mass is 16.4. The van der Waals surface area contributed by atoms with Crippen LogP contribution >= 0.6 is 0 Å². The molecule has 1 heterocycles. The number of carboxylic acids is 1. The lowest BCUT2D eigenvalue weighted by molar-refractivity contribution is -0.136.